The Morgan fingerprint density at radius 1 is 1.09 bits per heavy atom. The Kier molecular flexibility index (Phi) is 6.65. The third-order valence-electron chi connectivity index (χ3n) is 5.06. The lowest BCUT2D eigenvalue weighted by Gasteiger charge is -2.13. The highest BCUT2D eigenvalue weighted by Gasteiger charge is 2.24. The van der Waals surface area contributed by atoms with Crippen LogP contribution in [0.1, 0.15) is 27.2 Å². The lowest BCUT2D eigenvalue weighted by molar-refractivity contribution is 0.102. The molecule has 7 nitrogen and oxygen atoms in total. The average molecular weight is 486 g/mol. The quantitative estimate of drug-likeness (QED) is 0.273. The van der Waals surface area contributed by atoms with Gasteiger partial charge in [0, 0.05) is 16.1 Å². The number of halogens is 1. The van der Waals surface area contributed by atoms with E-state index in [2.05, 4.69) is 16.2 Å². The van der Waals surface area contributed by atoms with E-state index in [1.54, 1.807) is 31.2 Å². The van der Waals surface area contributed by atoms with Gasteiger partial charge in [-0.2, -0.15) is 10.5 Å². The minimum atomic E-state index is -0.236. The topological polar surface area (TPSA) is 130 Å². The number of carbonyl (C=O) groups excluding carboxylic acids is 1. The number of aryl methyl sites for hydroxylation is 1. The Morgan fingerprint density at radius 2 is 1.79 bits per heavy atom. The lowest BCUT2D eigenvalue weighted by Crippen LogP contribution is -2.07. The van der Waals surface area contributed by atoms with E-state index in [-0.39, 0.29) is 33.5 Å². The van der Waals surface area contributed by atoms with Gasteiger partial charge in [-0.1, -0.05) is 71.0 Å². The number of nitrogen functional groups attached to an aromatic ring is 1. The molecule has 4 aromatic rings. The molecule has 2 aromatic carbocycles. The molecule has 0 aliphatic carbocycles. The second-order valence-corrected chi connectivity index (χ2v) is 8.60. The first-order valence-corrected chi connectivity index (χ1v) is 11.4. The Bertz CT molecular complexity index is 1490. The minimum absolute atomic E-state index is 0.0300. The van der Waals surface area contributed by atoms with Gasteiger partial charge in [-0.05, 0) is 24.6 Å². The normalized spacial score (nSPS) is 10.5. The van der Waals surface area contributed by atoms with Crippen LogP contribution in [0.3, 0.4) is 0 Å². The van der Waals surface area contributed by atoms with Crippen molar-refractivity contribution in [1.29, 1.82) is 10.5 Å². The van der Waals surface area contributed by atoms with Crippen LogP contribution in [0.25, 0.3) is 22.4 Å². The number of thioether (sulfide) groups is 1. The van der Waals surface area contributed by atoms with Gasteiger partial charge in [0.05, 0.1) is 16.9 Å². The summed E-state index contributed by atoms with van der Waals surface area (Å²) >= 11 is 7.19. The molecule has 2 N–H and O–H groups in total. The van der Waals surface area contributed by atoms with Crippen molar-refractivity contribution >= 4 is 35.0 Å². The number of Topliss-reactive ketones (excluding diaryl/α,β-unsaturated/α-hetero) is 1. The van der Waals surface area contributed by atoms with Crippen LogP contribution in [0.4, 0.5) is 5.82 Å². The molecule has 34 heavy (non-hydrogen) atoms. The Labute approximate surface area is 204 Å². The zero-order valence-corrected chi connectivity index (χ0v) is 19.4. The highest BCUT2D eigenvalue weighted by Crippen LogP contribution is 2.37. The van der Waals surface area contributed by atoms with Crippen LogP contribution >= 0.6 is 23.4 Å². The maximum atomic E-state index is 13.2. The van der Waals surface area contributed by atoms with Gasteiger partial charge in [-0.3, -0.25) is 4.79 Å². The first-order chi connectivity index (χ1) is 16.4. The highest BCUT2D eigenvalue weighted by atomic mass is 35.5. The second kappa shape index (κ2) is 9.80. The first-order valence-electron chi connectivity index (χ1n) is 10.0. The minimum Gasteiger partial charge on any atom is -0.383 e. The van der Waals surface area contributed by atoms with Crippen molar-refractivity contribution in [3.8, 4) is 34.5 Å². The van der Waals surface area contributed by atoms with Crippen molar-refractivity contribution in [3.05, 3.63) is 82.1 Å². The number of hydrogen-bond acceptors (Lipinski definition) is 8. The van der Waals surface area contributed by atoms with Crippen LogP contribution in [0.2, 0.25) is 5.02 Å². The molecule has 0 bridgehead atoms. The SMILES string of the molecule is Cc1onc(-c2ccccc2)c1C(=O)CSc1nc(N)c(C#N)c(-c2cccc(Cl)c2)c1C#N. The molecule has 9 heteroatoms. The third kappa shape index (κ3) is 4.38. The van der Waals surface area contributed by atoms with Crippen LogP contribution in [0.5, 0.6) is 0 Å². The van der Waals surface area contributed by atoms with Crippen molar-refractivity contribution in [2.45, 2.75) is 11.9 Å². The predicted molar refractivity (Wildman–Crippen MR) is 130 cm³/mol. The van der Waals surface area contributed by atoms with Gasteiger partial charge in [0.15, 0.2) is 5.78 Å². The fourth-order valence-corrected chi connectivity index (χ4v) is 4.59. The summed E-state index contributed by atoms with van der Waals surface area (Å²) in [5.41, 5.74) is 8.76. The molecule has 2 aromatic heterocycles. The Hall–Kier alpha value is -4.11. The maximum absolute atomic E-state index is 13.2. The molecule has 0 atom stereocenters. The molecule has 0 fully saturated rings. The number of nitrogens with zero attached hydrogens (tertiary/aromatic N) is 4. The number of rotatable bonds is 6. The van der Waals surface area contributed by atoms with E-state index >= 15 is 0 Å². The van der Waals surface area contributed by atoms with Crippen LogP contribution in [0.15, 0.2) is 64.1 Å². The molecule has 0 radical (unpaired) electrons. The van der Waals surface area contributed by atoms with E-state index in [1.807, 2.05) is 36.4 Å². The van der Waals surface area contributed by atoms with E-state index in [0.29, 0.717) is 33.2 Å². The summed E-state index contributed by atoms with van der Waals surface area (Å²) in [7, 11) is 0. The van der Waals surface area contributed by atoms with Crippen LogP contribution < -0.4 is 5.73 Å². The summed E-state index contributed by atoms with van der Waals surface area (Å²) in [6.45, 7) is 1.67. The van der Waals surface area contributed by atoms with E-state index in [4.69, 9.17) is 21.9 Å². The zero-order chi connectivity index (χ0) is 24.2. The van der Waals surface area contributed by atoms with Gasteiger partial charge in [0.2, 0.25) is 0 Å². The number of anilines is 1. The van der Waals surface area contributed by atoms with Gasteiger partial charge in [-0.25, -0.2) is 4.98 Å². The number of pyridine rings is 1. The lowest BCUT2D eigenvalue weighted by atomic mass is 9.97. The first kappa shape index (κ1) is 23.1. The van der Waals surface area contributed by atoms with Gasteiger partial charge in [0.1, 0.15) is 40.0 Å². The molecule has 0 spiro atoms. The van der Waals surface area contributed by atoms with E-state index in [0.717, 1.165) is 17.3 Å². The molecule has 0 unspecified atom stereocenters. The largest absolute Gasteiger partial charge is 0.383 e. The number of nitriles is 2. The summed E-state index contributed by atoms with van der Waals surface area (Å²) in [5.74, 6) is 0.0964. The molecule has 166 valence electrons. The van der Waals surface area contributed by atoms with E-state index < -0.39 is 0 Å². The molecular weight excluding hydrogens is 470 g/mol. The summed E-state index contributed by atoms with van der Waals surface area (Å²) in [6.07, 6.45) is 0. The van der Waals surface area contributed by atoms with Crippen molar-refractivity contribution in [3.63, 3.8) is 0 Å². The molecule has 2 heterocycles. The van der Waals surface area contributed by atoms with E-state index in [9.17, 15) is 15.3 Å². The van der Waals surface area contributed by atoms with Gasteiger partial charge >= 0.3 is 0 Å². The summed E-state index contributed by atoms with van der Waals surface area (Å²) in [4.78, 5) is 17.4. The molecular formula is C25H16ClN5O2S. The zero-order valence-electron chi connectivity index (χ0n) is 17.9. The number of ketones is 1. The third-order valence-corrected chi connectivity index (χ3v) is 6.27. The molecule has 0 saturated carbocycles. The molecule has 0 saturated heterocycles. The smallest absolute Gasteiger partial charge is 0.178 e. The van der Waals surface area contributed by atoms with Crippen LogP contribution in [-0.4, -0.2) is 21.7 Å². The van der Waals surface area contributed by atoms with Gasteiger partial charge in [-0.15, -0.1) is 0 Å². The number of carbonyl (C=O) groups is 1. The average Bonchev–Trinajstić information content (AvgIpc) is 3.24. The standard InChI is InChI=1S/C25H16ClN5O2S/c1-14-21(23(31-33-14)15-6-3-2-4-7-15)20(32)13-34-25-19(12-28)22(18(11-27)24(29)30-25)16-8-5-9-17(26)10-16/h2-10H,13H2,1H3,(H2,29,30). The molecule has 4 rings (SSSR count). The summed E-state index contributed by atoms with van der Waals surface area (Å²) < 4.78 is 5.29. The van der Waals surface area contributed by atoms with Crippen LogP contribution in [0, 0.1) is 29.6 Å². The fraction of sp³-hybridized carbons (Fsp3) is 0.0800. The van der Waals surface area contributed by atoms with Crippen molar-refractivity contribution < 1.29 is 9.32 Å². The predicted octanol–water partition coefficient (Wildman–Crippen LogP) is 5.67. The number of hydrogen-bond donors (Lipinski definition) is 1. The maximum Gasteiger partial charge on any atom is 0.178 e. The van der Waals surface area contributed by atoms with Crippen molar-refractivity contribution in [2.75, 3.05) is 11.5 Å². The van der Waals surface area contributed by atoms with Gasteiger partial charge in [0.25, 0.3) is 0 Å². The molecule has 0 aliphatic rings. The van der Waals surface area contributed by atoms with Gasteiger partial charge < -0.3 is 10.3 Å². The Morgan fingerprint density at radius 3 is 2.47 bits per heavy atom. The van der Waals surface area contributed by atoms with Crippen LogP contribution in [-0.2, 0) is 0 Å². The fourth-order valence-electron chi connectivity index (χ4n) is 3.53. The van der Waals surface area contributed by atoms with Crippen molar-refractivity contribution in [2.24, 2.45) is 0 Å². The summed E-state index contributed by atoms with van der Waals surface area (Å²) in [6, 6.07) is 20.2. The number of benzene rings is 2. The second-order valence-electron chi connectivity index (χ2n) is 7.20. The van der Waals surface area contributed by atoms with Crippen molar-refractivity contribution in [1.82, 2.24) is 10.1 Å². The van der Waals surface area contributed by atoms with E-state index in [1.165, 1.54) is 0 Å². The highest BCUT2D eigenvalue weighted by molar-refractivity contribution is 8.00. The Balaban J connectivity index is 1.72. The summed E-state index contributed by atoms with van der Waals surface area (Å²) in [5, 5.41) is 24.3. The number of nitrogens with two attached hydrogens (primary N) is 1. The molecule has 0 amide bonds. The number of aromatic nitrogens is 2. The molecule has 0 aliphatic heterocycles. The monoisotopic (exact) mass is 485 g/mol.